The number of carbonyl (C=O) groups is 2. The highest BCUT2D eigenvalue weighted by molar-refractivity contribution is 5.80. The zero-order valence-electron chi connectivity index (χ0n) is 43.9. The lowest BCUT2D eigenvalue weighted by Crippen LogP contribution is -2.61. The summed E-state index contributed by atoms with van der Waals surface area (Å²) in [6.45, 7) is 5.69. The summed E-state index contributed by atoms with van der Waals surface area (Å²) < 4.78 is 17.5. The number of amides is 1. The van der Waals surface area contributed by atoms with Crippen LogP contribution in [0.3, 0.4) is 0 Å². The van der Waals surface area contributed by atoms with Gasteiger partial charge in [-0.05, 0) is 70.6 Å². The fraction of sp³-hybridized carbons (Fsp3) is 0.793. The van der Waals surface area contributed by atoms with E-state index >= 15 is 0 Å². The van der Waals surface area contributed by atoms with Gasteiger partial charge in [0.15, 0.2) is 12.4 Å². The number of aliphatic hydroxyl groups excluding tert-OH is 5. The average molecular weight is 974 g/mol. The second-order valence-corrected chi connectivity index (χ2v) is 19.3. The van der Waals surface area contributed by atoms with Crippen LogP contribution in [0.1, 0.15) is 233 Å². The number of esters is 1. The Labute approximate surface area is 420 Å². The Balaban J connectivity index is 2.80. The first-order chi connectivity index (χ1) is 33.7. The van der Waals surface area contributed by atoms with Gasteiger partial charge in [0.05, 0.1) is 25.4 Å². The molecule has 8 atom stereocenters. The molecule has 400 valence electrons. The summed E-state index contributed by atoms with van der Waals surface area (Å²) in [6.07, 6.45) is 45.6. The molecule has 0 saturated carbocycles. The number of rotatable bonds is 46. The van der Waals surface area contributed by atoms with E-state index in [1.54, 1.807) is 6.08 Å². The van der Waals surface area contributed by atoms with Crippen molar-refractivity contribution in [3.8, 4) is 0 Å². The van der Waals surface area contributed by atoms with E-state index in [0.717, 1.165) is 70.6 Å². The van der Waals surface area contributed by atoms with Gasteiger partial charge in [0.1, 0.15) is 24.4 Å². The van der Waals surface area contributed by atoms with Gasteiger partial charge < -0.3 is 45.1 Å². The van der Waals surface area contributed by atoms with Gasteiger partial charge in [-0.15, -0.1) is 0 Å². The highest BCUT2D eigenvalue weighted by atomic mass is 16.7. The zero-order valence-corrected chi connectivity index (χ0v) is 43.9. The molecule has 6 N–H and O–H groups in total. The molecule has 1 aliphatic heterocycles. The van der Waals surface area contributed by atoms with Crippen molar-refractivity contribution in [2.75, 3.05) is 13.2 Å². The number of aliphatic hydroxyl groups is 5. The molecule has 11 nitrogen and oxygen atoms in total. The maximum atomic E-state index is 13.4. The van der Waals surface area contributed by atoms with Gasteiger partial charge in [-0.3, -0.25) is 9.59 Å². The normalized spacial score (nSPS) is 20.3. The fourth-order valence-electron chi connectivity index (χ4n) is 8.40. The number of allylic oxidation sites excluding steroid dienone is 9. The summed E-state index contributed by atoms with van der Waals surface area (Å²) in [6, 6.07) is -1.04. The zero-order chi connectivity index (χ0) is 50.4. The van der Waals surface area contributed by atoms with Gasteiger partial charge in [0, 0.05) is 6.42 Å². The molecule has 1 rings (SSSR count). The molecule has 0 radical (unpaired) electrons. The molecule has 1 fully saturated rings. The number of nitrogens with one attached hydrogen (secondary N) is 1. The molecular weight excluding hydrogens is 871 g/mol. The van der Waals surface area contributed by atoms with E-state index in [1.807, 2.05) is 18.2 Å². The van der Waals surface area contributed by atoms with E-state index in [0.29, 0.717) is 12.8 Å². The molecule has 1 saturated heterocycles. The highest BCUT2D eigenvalue weighted by Crippen LogP contribution is 2.26. The molecule has 69 heavy (non-hydrogen) atoms. The molecule has 0 aromatic heterocycles. The van der Waals surface area contributed by atoms with Crippen LogP contribution in [0, 0.1) is 0 Å². The first kappa shape index (κ1) is 64.4. The van der Waals surface area contributed by atoms with Gasteiger partial charge in [0.2, 0.25) is 5.91 Å². The summed E-state index contributed by atoms with van der Waals surface area (Å²) in [7, 11) is 0. The summed E-state index contributed by atoms with van der Waals surface area (Å²) in [5, 5.41) is 56.7. The van der Waals surface area contributed by atoms with Crippen LogP contribution in [0.2, 0.25) is 0 Å². The lowest BCUT2D eigenvalue weighted by Gasteiger charge is -2.41. The molecular formula is C58H103NO10. The van der Waals surface area contributed by atoms with Crippen molar-refractivity contribution in [3.05, 3.63) is 60.8 Å². The largest absolute Gasteiger partial charge is 0.454 e. The van der Waals surface area contributed by atoms with Gasteiger partial charge in [0.25, 0.3) is 0 Å². The van der Waals surface area contributed by atoms with Crippen molar-refractivity contribution in [1.29, 1.82) is 0 Å². The average Bonchev–Trinajstić information content (AvgIpc) is 3.34. The molecule has 0 bridgehead atoms. The smallest absolute Gasteiger partial charge is 0.306 e. The van der Waals surface area contributed by atoms with Crippen molar-refractivity contribution in [2.45, 2.75) is 282 Å². The number of unbranched alkanes of at least 4 members (excludes halogenated alkanes) is 25. The molecule has 11 heteroatoms. The van der Waals surface area contributed by atoms with Crippen LogP contribution in [0.4, 0.5) is 0 Å². The Kier molecular flexibility index (Phi) is 43.3. The van der Waals surface area contributed by atoms with E-state index in [9.17, 15) is 35.1 Å². The Hall–Kier alpha value is -2.64. The lowest BCUT2D eigenvalue weighted by atomic mass is 9.99. The fourth-order valence-corrected chi connectivity index (χ4v) is 8.40. The van der Waals surface area contributed by atoms with Crippen LogP contribution in [-0.4, -0.2) is 99.6 Å². The SMILES string of the molecule is CCCCC/C=C/C=C/CCCCCCCC(O)C(=O)NC(COC1OC(CO)C(O)C(O)C1OC(=O)CC/C=C/C/C=C\CCCCCCCC)C(O)/C=C/CCCCCCCCCCCCC. The van der Waals surface area contributed by atoms with Crippen LogP contribution in [-0.2, 0) is 23.8 Å². The third kappa shape index (κ3) is 35.2. The van der Waals surface area contributed by atoms with Crippen LogP contribution in [0.15, 0.2) is 60.8 Å². The molecule has 1 amide bonds. The minimum Gasteiger partial charge on any atom is -0.454 e. The van der Waals surface area contributed by atoms with Crippen LogP contribution in [0.5, 0.6) is 0 Å². The molecule has 8 unspecified atom stereocenters. The molecule has 0 aromatic rings. The van der Waals surface area contributed by atoms with Crippen LogP contribution >= 0.6 is 0 Å². The number of hydrogen-bond donors (Lipinski definition) is 6. The molecule has 1 aliphatic rings. The third-order valence-corrected chi connectivity index (χ3v) is 12.9. The molecule has 0 spiro atoms. The van der Waals surface area contributed by atoms with Gasteiger partial charge >= 0.3 is 5.97 Å². The minimum absolute atomic E-state index is 0.0150. The Morgan fingerprint density at radius 3 is 1.59 bits per heavy atom. The summed E-state index contributed by atoms with van der Waals surface area (Å²) >= 11 is 0. The molecule has 0 aromatic carbocycles. The predicted molar refractivity (Wildman–Crippen MR) is 283 cm³/mol. The van der Waals surface area contributed by atoms with Gasteiger partial charge in [-0.25, -0.2) is 0 Å². The van der Waals surface area contributed by atoms with E-state index in [-0.39, 0.29) is 19.4 Å². The second kappa shape index (κ2) is 46.4. The summed E-state index contributed by atoms with van der Waals surface area (Å²) in [5.74, 6) is -1.28. The van der Waals surface area contributed by atoms with Crippen molar-refractivity contribution in [1.82, 2.24) is 5.32 Å². The Morgan fingerprint density at radius 2 is 1.04 bits per heavy atom. The standard InChI is InChI=1S/C58H103NO10/c1-4-7-10-13-16-19-22-25-28-30-33-36-39-42-45-51(62)57(66)59-49(50(61)44-41-38-35-32-29-26-23-20-17-14-11-8-5-2)48-67-58-56(55(65)54(64)52(47-60)68-58)69-53(63)46-43-40-37-34-31-27-24-21-18-15-12-9-6-3/h16,19,22,25,27,31,37,40-41,44,49-52,54-56,58,60-62,64-65H,4-15,17-18,20-21,23-24,26,28-30,32-36,38-39,42-43,45-48H2,1-3H3,(H,59,66)/b19-16+,25-22+,31-27-,40-37+,44-41+. The predicted octanol–water partition coefficient (Wildman–Crippen LogP) is 12.3. The molecule has 1 heterocycles. The van der Waals surface area contributed by atoms with Crippen LogP contribution < -0.4 is 5.32 Å². The van der Waals surface area contributed by atoms with E-state index in [1.165, 1.54) is 116 Å². The van der Waals surface area contributed by atoms with Crippen molar-refractivity contribution >= 4 is 11.9 Å². The summed E-state index contributed by atoms with van der Waals surface area (Å²) in [4.78, 5) is 26.4. The summed E-state index contributed by atoms with van der Waals surface area (Å²) in [5.41, 5.74) is 0. The van der Waals surface area contributed by atoms with Crippen molar-refractivity contribution in [3.63, 3.8) is 0 Å². The van der Waals surface area contributed by atoms with Gasteiger partial charge in [-0.2, -0.15) is 0 Å². The molecule has 0 aliphatic carbocycles. The number of carbonyl (C=O) groups excluding carboxylic acids is 2. The topological polar surface area (TPSA) is 175 Å². The van der Waals surface area contributed by atoms with Crippen molar-refractivity contribution < 1.29 is 49.3 Å². The highest BCUT2D eigenvalue weighted by Gasteiger charge is 2.47. The quantitative estimate of drug-likeness (QED) is 0.0149. The minimum atomic E-state index is -1.64. The van der Waals surface area contributed by atoms with Crippen LogP contribution in [0.25, 0.3) is 0 Å². The maximum Gasteiger partial charge on any atom is 0.306 e. The van der Waals surface area contributed by atoms with Gasteiger partial charge in [-0.1, -0.05) is 216 Å². The Bertz CT molecular complexity index is 1350. The monoisotopic (exact) mass is 974 g/mol. The third-order valence-electron chi connectivity index (χ3n) is 12.9. The van der Waals surface area contributed by atoms with E-state index in [2.05, 4.69) is 62.5 Å². The maximum absolute atomic E-state index is 13.4. The number of ether oxygens (including phenoxy) is 3. The second-order valence-electron chi connectivity index (χ2n) is 19.3. The van der Waals surface area contributed by atoms with E-state index in [4.69, 9.17) is 14.2 Å². The van der Waals surface area contributed by atoms with Crippen molar-refractivity contribution in [2.24, 2.45) is 0 Å². The number of hydrogen-bond acceptors (Lipinski definition) is 10. The Morgan fingerprint density at radius 1 is 0.580 bits per heavy atom. The first-order valence-electron chi connectivity index (χ1n) is 28.1. The van der Waals surface area contributed by atoms with E-state index < -0.39 is 67.4 Å². The first-order valence-corrected chi connectivity index (χ1v) is 28.1. The lowest BCUT2D eigenvalue weighted by molar-refractivity contribution is -0.305.